The SMILES string of the molecule is CC(C)n1c(CCNC(=O)C[C@H]2OCCc3sccc32)n[nH]c1=S. The maximum atomic E-state index is 12.2. The van der Waals surface area contributed by atoms with E-state index in [9.17, 15) is 4.79 Å². The Morgan fingerprint density at radius 3 is 3.25 bits per heavy atom. The number of carbonyl (C=O) groups is 1. The van der Waals surface area contributed by atoms with E-state index in [4.69, 9.17) is 17.0 Å². The molecule has 0 bridgehead atoms. The molecule has 24 heavy (non-hydrogen) atoms. The number of hydrogen-bond donors (Lipinski definition) is 2. The summed E-state index contributed by atoms with van der Waals surface area (Å²) in [6, 6.07) is 2.31. The Kier molecular flexibility index (Phi) is 5.47. The lowest BCUT2D eigenvalue weighted by Crippen LogP contribution is -2.29. The Morgan fingerprint density at radius 1 is 1.62 bits per heavy atom. The van der Waals surface area contributed by atoms with Gasteiger partial charge in [-0.1, -0.05) is 0 Å². The van der Waals surface area contributed by atoms with Crippen LogP contribution in [0, 0.1) is 4.77 Å². The number of nitrogens with zero attached hydrogens (tertiary/aromatic N) is 2. The summed E-state index contributed by atoms with van der Waals surface area (Å²) in [4.78, 5) is 13.6. The summed E-state index contributed by atoms with van der Waals surface area (Å²) in [6.07, 6.45) is 1.83. The maximum Gasteiger partial charge on any atom is 0.222 e. The van der Waals surface area contributed by atoms with Gasteiger partial charge >= 0.3 is 0 Å². The lowest BCUT2D eigenvalue weighted by atomic mass is 10.0. The number of hydrogen-bond acceptors (Lipinski definition) is 5. The van der Waals surface area contributed by atoms with E-state index in [0.29, 0.717) is 30.8 Å². The fourth-order valence-electron chi connectivity index (χ4n) is 2.99. The van der Waals surface area contributed by atoms with Crippen LogP contribution in [0.15, 0.2) is 11.4 Å². The molecule has 2 aromatic heterocycles. The van der Waals surface area contributed by atoms with Crippen LogP contribution in [-0.4, -0.2) is 33.8 Å². The fraction of sp³-hybridized carbons (Fsp3) is 0.562. The molecule has 3 heterocycles. The first-order valence-corrected chi connectivity index (χ1v) is 9.45. The molecule has 0 radical (unpaired) electrons. The van der Waals surface area contributed by atoms with E-state index in [1.54, 1.807) is 11.3 Å². The zero-order chi connectivity index (χ0) is 17.1. The second kappa shape index (κ2) is 7.58. The van der Waals surface area contributed by atoms with Gasteiger partial charge < -0.3 is 14.6 Å². The number of rotatable bonds is 6. The van der Waals surface area contributed by atoms with Gasteiger partial charge in [0.15, 0.2) is 4.77 Å². The van der Waals surface area contributed by atoms with Crippen LogP contribution in [0.5, 0.6) is 0 Å². The number of nitrogens with one attached hydrogen (secondary N) is 2. The van der Waals surface area contributed by atoms with Crippen LogP contribution in [0.3, 0.4) is 0 Å². The van der Waals surface area contributed by atoms with Crippen molar-refractivity contribution in [3.63, 3.8) is 0 Å². The minimum Gasteiger partial charge on any atom is -0.373 e. The van der Waals surface area contributed by atoms with E-state index in [2.05, 4.69) is 40.8 Å². The summed E-state index contributed by atoms with van der Waals surface area (Å²) in [6.45, 7) is 5.35. The zero-order valence-electron chi connectivity index (χ0n) is 13.9. The van der Waals surface area contributed by atoms with Crippen LogP contribution in [0.1, 0.15) is 48.7 Å². The molecule has 1 amide bonds. The van der Waals surface area contributed by atoms with Crippen LogP contribution in [0.25, 0.3) is 0 Å². The van der Waals surface area contributed by atoms with Gasteiger partial charge in [-0.15, -0.1) is 11.3 Å². The first kappa shape index (κ1) is 17.3. The highest BCUT2D eigenvalue weighted by molar-refractivity contribution is 7.71. The van der Waals surface area contributed by atoms with E-state index in [1.807, 2.05) is 4.57 Å². The minimum absolute atomic E-state index is 0.00396. The Bertz CT molecular complexity index is 762. The van der Waals surface area contributed by atoms with Gasteiger partial charge in [-0.05, 0) is 43.1 Å². The van der Waals surface area contributed by atoms with Crippen molar-refractivity contribution in [1.82, 2.24) is 20.1 Å². The van der Waals surface area contributed by atoms with E-state index >= 15 is 0 Å². The third-order valence-corrected chi connectivity index (χ3v) is 5.39. The molecule has 3 rings (SSSR count). The van der Waals surface area contributed by atoms with Crippen molar-refractivity contribution < 1.29 is 9.53 Å². The number of ether oxygens (including phenoxy) is 1. The summed E-state index contributed by atoms with van der Waals surface area (Å²) >= 11 is 6.97. The largest absolute Gasteiger partial charge is 0.373 e. The number of carbonyl (C=O) groups excluding carboxylic acids is 1. The first-order valence-electron chi connectivity index (χ1n) is 8.16. The molecule has 8 heteroatoms. The maximum absolute atomic E-state index is 12.2. The monoisotopic (exact) mass is 366 g/mol. The van der Waals surface area contributed by atoms with Gasteiger partial charge in [0.1, 0.15) is 5.82 Å². The number of aromatic nitrogens is 3. The highest BCUT2D eigenvalue weighted by Crippen LogP contribution is 2.32. The number of fused-ring (bicyclic) bond motifs is 1. The molecule has 0 saturated heterocycles. The van der Waals surface area contributed by atoms with Crippen molar-refractivity contribution in [2.24, 2.45) is 0 Å². The summed E-state index contributed by atoms with van der Waals surface area (Å²) in [5.41, 5.74) is 1.17. The minimum atomic E-state index is -0.120. The van der Waals surface area contributed by atoms with Crippen molar-refractivity contribution in [2.45, 2.75) is 45.3 Å². The zero-order valence-corrected chi connectivity index (χ0v) is 15.5. The number of amides is 1. The average molecular weight is 367 g/mol. The predicted molar refractivity (Wildman–Crippen MR) is 95.8 cm³/mol. The molecule has 2 N–H and O–H groups in total. The molecule has 0 aliphatic carbocycles. The summed E-state index contributed by atoms with van der Waals surface area (Å²) in [5.74, 6) is 0.869. The molecular weight excluding hydrogens is 344 g/mol. The van der Waals surface area contributed by atoms with Gasteiger partial charge in [0.2, 0.25) is 5.91 Å². The molecule has 0 spiro atoms. The molecule has 0 unspecified atom stereocenters. The molecule has 1 atom stereocenters. The molecule has 6 nitrogen and oxygen atoms in total. The molecule has 2 aromatic rings. The molecule has 130 valence electrons. The van der Waals surface area contributed by atoms with Crippen LogP contribution in [0.2, 0.25) is 0 Å². The van der Waals surface area contributed by atoms with Crippen molar-refractivity contribution in [3.05, 3.63) is 32.5 Å². The third kappa shape index (κ3) is 3.76. The average Bonchev–Trinajstić information content (AvgIpc) is 3.14. The van der Waals surface area contributed by atoms with Crippen LogP contribution >= 0.6 is 23.6 Å². The van der Waals surface area contributed by atoms with Crippen molar-refractivity contribution in [1.29, 1.82) is 0 Å². The second-order valence-electron chi connectivity index (χ2n) is 6.12. The van der Waals surface area contributed by atoms with Gasteiger partial charge in [0, 0.05) is 30.3 Å². The summed E-state index contributed by atoms with van der Waals surface area (Å²) < 4.78 is 8.36. The molecule has 0 aromatic carbocycles. The second-order valence-corrected chi connectivity index (χ2v) is 7.51. The third-order valence-electron chi connectivity index (χ3n) is 4.11. The van der Waals surface area contributed by atoms with E-state index < -0.39 is 0 Å². The predicted octanol–water partition coefficient (Wildman–Crippen LogP) is 2.95. The Labute approximate surface area is 150 Å². The Balaban J connectivity index is 1.52. The normalized spacial score (nSPS) is 17.0. The number of aromatic amines is 1. The highest BCUT2D eigenvalue weighted by Gasteiger charge is 2.24. The quantitative estimate of drug-likeness (QED) is 0.771. The van der Waals surface area contributed by atoms with Gasteiger partial charge in [-0.25, -0.2) is 0 Å². The Morgan fingerprint density at radius 2 is 2.46 bits per heavy atom. The van der Waals surface area contributed by atoms with Gasteiger partial charge in [-0.2, -0.15) is 5.10 Å². The van der Waals surface area contributed by atoms with E-state index in [0.717, 1.165) is 12.2 Å². The summed E-state index contributed by atoms with van der Waals surface area (Å²) in [7, 11) is 0. The highest BCUT2D eigenvalue weighted by atomic mass is 32.1. The fourth-order valence-corrected chi connectivity index (χ4v) is 4.27. The smallest absolute Gasteiger partial charge is 0.222 e. The molecule has 1 aliphatic rings. The number of thiophene rings is 1. The molecular formula is C16H22N4O2S2. The molecule has 0 saturated carbocycles. The van der Waals surface area contributed by atoms with Gasteiger partial charge in [-0.3, -0.25) is 9.89 Å². The lowest BCUT2D eigenvalue weighted by molar-refractivity contribution is -0.124. The Hall–Kier alpha value is -1.51. The van der Waals surface area contributed by atoms with E-state index in [-0.39, 0.29) is 18.1 Å². The van der Waals surface area contributed by atoms with Gasteiger partial charge in [0.05, 0.1) is 19.1 Å². The lowest BCUT2D eigenvalue weighted by Gasteiger charge is -2.22. The molecule has 0 fully saturated rings. The topological polar surface area (TPSA) is 71.9 Å². The standard InChI is InChI=1S/C16H22N4O2S2/c1-10(2)20-14(18-19-16(20)23)3-6-17-15(21)9-12-11-5-8-24-13(11)4-7-22-12/h5,8,10,12H,3-4,6-7,9H2,1-2H3,(H,17,21)(H,19,23)/t12-/m1/s1. The van der Waals surface area contributed by atoms with Gasteiger partial charge in [0.25, 0.3) is 0 Å². The van der Waals surface area contributed by atoms with Crippen LogP contribution in [0.4, 0.5) is 0 Å². The van der Waals surface area contributed by atoms with Crippen molar-refractivity contribution >= 4 is 29.5 Å². The van der Waals surface area contributed by atoms with E-state index in [1.165, 1.54) is 10.4 Å². The van der Waals surface area contributed by atoms with Crippen LogP contribution in [-0.2, 0) is 22.4 Å². The van der Waals surface area contributed by atoms with Crippen LogP contribution < -0.4 is 5.32 Å². The van der Waals surface area contributed by atoms with Crippen molar-refractivity contribution in [3.8, 4) is 0 Å². The summed E-state index contributed by atoms with van der Waals surface area (Å²) in [5, 5.41) is 12.1. The molecule has 1 aliphatic heterocycles. The van der Waals surface area contributed by atoms with Crippen molar-refractivity contribution in [2.75, 3.05) is 13.2 Å². The first-order chi connectivity index (χ1) is 11.6. The number of H-pyrrole nitrogens is 1.